The minimum atomic E-state index is -4.01. The lowest BCUT2D eigenvalue weighted by atomic mass is 10.1. The molecule has 0 saturated carbocycles. The molecule has 0 amide bonds. The molecule has 0 aliphatic heterocycles. The fraction of sp³-hybridized carbons (Fsp3) is 0.385. The molecule has 0 spiro atoms. The van der Waals surface area contributed by atoms with Gasteiger partial charge in [0.05, 0.1) is 0 Å². The number of rotatable bonds is 3. The van der Waals surface area contributed by atoms with Crippen LogP contribution in [0.4, 0.5) is 4.39 Å². The highest BCUT2D eigenvalue weighted by atomic mass is 35.7. The van der Waals surface area contributed by atoms with Gasteiger partial charge in [-0.25, -0.2) is 12.8 Å². The van der Waals surface area contributed by atoms with Crippen LogP contribution in [0, 0.1) is 5.82 Å². The quantitative estimate of drug-likeness (QED) is 0.811. The first-order valence-electron chi connectivity index (χ1n) is 6.23. The summed E-state index contributed by atoms with van der Waals surface area (Å²) in [7, 11) is 1.39. The van der Waals surface area contributed by atoms with Gasteiger partial charge in [0.1, 0.15) is 11.6 Å². The molecule has 0 bridgehead atoms. The number of hydrogen-bond acceptors (Lipinski definition) is 4. The summed E-state index contributed by atoms with van der Waals surface area (Å²) in [6.45, 7) is 5.45. The lowest BCUT2D eigenvalue weighted by Crippen LogP contribution is -2.27. The van der Waals surface area contributed by atoms with E-state index >= 15 is 0 Å². The normalized spacial score (nSPS) is 12.6. The first kappa shape index (κ1) is 15.9. The summed E-state index contributed by atoms with van der Waals surface area (Å²) in [5.74, 6) is 0.0480. The zero-order valence-electron chi connectivity index (χ0n) is 11.8. The molecule has 0 N–H and O–H groups in total. The van der Waals surface area contributed by atoms with Crippen LogP contribution >= 0.6 is 10.7 Å². The average molecular weight is 332 g/mol. The van der Waals surface area contributed by atoms with Gasteiger partial charge in [0.2, 0.25) is 0 Å². The van der Waals surface area contributed by atoms with Gasteiger partial charge in [-0.1, -0.05) is 12.1 Å². The van der Waals surface area contributed by atoms with Gasteiger partial charge in [-0.05, 0) is 38.5 Å². The molecule has 2 aromatic rings. The predicted molar refractivity (Wildman–Crippen MR) is 77.3 cm³/mol. The Kier molecular flexibility index (Phi) is 4.08. The molecule has 1 aromatic heterocycles. The van der Waals surface area contributed by atoms with E-state index in [-0.39, 0.29) is 17.4 Å². The second-order valence-corrected chi connectivity index (χ2v) is 8.11. The Morgan fingerprint density at radius 2 is 1.95 bits per heavy atom. The largest absolute Gasteiger partial charge is 0.296 e. The fourth-order valence-corrected chi connectivity index (χ4v) is 3.11. The molecule has 21 heavy (non-hydrogen) atoms. The van der Waals surface area contributed by atoms with Crippen LogP contribution in [0.5, 0.6) is 0 Å². The first-order chi connectivity index (χ1) is 9.59. The standard InChI is InChI=1S/C13H15ClFN3O2S/c1-13(2,3)18-11(16-17-12(18)21(14,19)20)8-9-5-4-6-10(15)7-9/h4-7H,8H2,1-3H3. The molecule has 1 aromatic carbocycles. The second-order valence-electron chi connectivity index (χ2n) is 5.65. The Balaban J connectivity index is 2.53. The van der Waals surface area contributed by atoms with Gasteiger partial charge < -0.3 is 0 Å². The number of hydrogen-bond donors (Lipinski definition) is 0. The van der Waals surface area contributed by atoms with Crippen molar-refractivity contribution < 1.29 is 12.8 Å². The smallest absolute Gasteiger partial charge is 0.295 e. The van der Waals surface area contributed by atoms with Crippen molar-refractivity contribution in [3.05, 3.63) is 41.5 Å². The van der Waals surface area contributed by atoms with E-state index in [1.807, 2.05) is 20.8 Å². The molecule has 0 radical (unpaired) electrons. The Morgan fingerprint density at radius 3 is 2.48 bits per heavy atom. The van der Waals surface area contributed by atoms with Gasteiger partial charge in [0.25, 0.3) is 14.2 Å². The van der Waals surface area contributed by atoms with E-state index in [9.17, 15) is 12.8 Å². The molecule has 8 heteroatoms. The summed E-state index contributed by atoms with van der Waals surface area (Å²) in [6, 6.07) is 6.03. The van der Waals surface area contributed by atoms with E-state index in [2.05, 4.69) is 10.2 Å². The lowest BCUT2D eigenvalue weighted by Gasteiger charge is -2.24. The maximum Gasteiger partial charge on any atom is 0.296 e. The number of halogens is 2. The predicted octanol–water partition coefficient (Wildman–Crippen LogP) is 2.69. The fourth-order valence-electron chi connectivity index (χ4n) is 2.08. The molecule has 2 rings (SSSR count). The van der Waals surface area contributed by atoms with Crippen LogP contribution in [-0.4, -0.2) is 23.2 Å². The Hall–Kier alpha value is -1.47. The van der Waals surface area contributed by atoms with E-state index in [1.54, 1.807) is 12.1 Å². The molecule has 0 saturated heterocycles. The van der Waals surface area contributed by atoms with Crippen molar-refractivity contribution in [2.24, 2.45) is 0 Å². The highest BCUT2D eigenvalue weighted by Gasteiger charge is 2.29. The van der Waals surface area contributed by atoms with Crippen molar-refractivity contribution in [1.29, 1.82) is 0 Å². The molecule has 0 aliphatic rings. The maximum absolute atomic E-state index is 13.2. The van der Waals surface area contributed by atoms with Crippen LogP contribution in [0.25, 0.3) is 0 Å². The molecule has 0 unspecified atom stereocenters. The third-order valence-corrected chi connectivity index (χ3v) is 3.95. The van der Waals surface area contributed by atoms with E-state index < -0.39 is 14.6 Å². The van der Waals surface area contributed by atoms with Crippen LogP contribution in [0.15, 0.2) is 29.4 Å². The Labute approximate surface area is 127 Å². The van der Waals surface area contributed by atoms with E-state index in [4.69, 9.17) is 10.7 Å². The van der Waals surface area contributed by atoms with Crippen molar-refractivity contribution in [1.82, 2.24) is 14.8 Å². The van der Waals surface area contributed by atoms with Crippen LogP contribution in [-0.2, 0) is 21.0 Å². The van der Waals surface area contributed by atoms with Crippen molar-refractivity contribution in [2.75, 3.05) is 0 Å². The van der Waals surface area contributed by atoms with Gasteiger partial charge in [-0.15, -0.1) is 10.2 Å². The summed E-state index contributed by atoms with van der Waals surface area (Å²) in [5, 5.41) is 7.27. The molecule has 0 atom stereocenters. The van der Waals surface area contributed by atoms with Crippen LogP contribution in [0.2, 0.25) is 0 Å². The number of nitrogens with zero attached hydrogens (tertiary/aromatic N) is 3. The van der Waals surface area contributed by atoms with E-state index in [0.717, 1.165) is 0 Å². The monoisotopic (exact) mass is 331 g/mol. The summed E-state index contributed by atoms with van der Waals surface area (Å²) in [6.07, 6.45) is 0.258. The Bertz CT molecular complexity index is 766. The van der Waals surface area contributed by atoms with Gasteiger partial charge in [0.15, 0.2) is 0 Å². The average Bonchev–Trinajstić information content (AvgIpc) is 2.72. The molecule has 0 aliphatic carbocycles. The van der Waals surface area contributed by atoms with Crippen molar-refractivity contribution >= 4 is 19.7 Å². The van der Waals surface area contributed by atoms with Crippen molar-refractivity contribution in [2.45, 2.75) is 37.9 Å². The third-order valence-electron chi connectivity index (χ3n) is 2.84. The van der Waals surface area contributed by atoms with Crippen LogP contribution in [0.3, 0.4) is 0 Å². The van der Waals surface area contributed by atoms with Gasteiger partial charge in [-0.3, -0.25) is 4.57 Å². The summed E-state index contributed by atoms with van der Waals surface area (Å²) in [4.78, 5) is 0. The topological polar surface area (TPSA) is 64.8 Å². The Morgan fingerprint density at radius 1 is 1.29 bits per heavy atom. The molecular weight excluding hydrogens is 317 g/mol. The highest BCUT2D eigenvalue weighted by molar-refractivity contribution is 8.13. The minimum absolute atomic E-state index is 0.258. The number of benzene rings is 1. The second kappa shape index (κ2) is 5.38. The van der Waals surface area contributed by atoms with E-state index in [0.29, 0.717) is 11.4 Å². The SMILES string of the molecule is CC(C)(C)n1c(Cc2cccc(F)c2)nnc1S(=O)(=O)Cl. The summed E-state index contributed by atoms with van der Waals surface area (Å²) >= 11 is 0. The molecular formula is C13H15ClFN3O2S. The third kappa shape index (κ3) is 3.59. The number of aromatic nitrogens is 3. The van der Waals surface area contributed by atoms with Gasteiger partial charge >= 0.3 is 0 Å². The van der Waals surface area contributed by atoms with Crippen LogP contribution < -0.4 is 0 Å². The minimum Gasteiger partial charge on any atom is -0.295 e. The van der Waals surface area contributed by atoms with E-state index in [1.165, 1.54) is 16.7 Å². The maximum atomic E-state index is 13.2. The van der Waals surface area contributed by atoms with Gasteiger partial charge in [-0.2, -0.15) is 0 Å². The molecule has 114 valence electrons. The molecule has 5 nitrogen and oxygen atoms in total. The zero-order chi connectivity index (χ0) is 15.8. The van der Waals surface area contributed by atoms with Crippen molar-refractivity contribution in [3.63, 3.8) is 0 Å². The summed E-state index contributed by atoms with van der Waals surface area (Å²) in [5.41, 5.74) is 0.0927. The molecule has 0 fully saturated rings. The van der Waals surface area contributed by atoms with Crippen LogP contribution in [0.1, 0.15) is 32.2 Å². The zero-order valence-corrected chi connectivity index (χ0v) is 13.4. The van der Waals surface area contributed by atoms with Gasteiger partial charge in [0, 0.05) is 22.6 Å². The first-order valence-corrected chi connectivity index (χ1v) is 8.54. The highest BCUT2D eigenvalue weighted by Crippen LogP contribution is 2.25. The lowest BCUT2D eigenvalue weighted by molar-refractivity contribution is 0.352. The summed E-state index contributed by atoms with van der Waals surface area (Å²) < 4.78 is 37.9. The van der Waals surface area contributed by atoms with Crippen molar-refractivity contribution in [3.8, 4) is 0 Å². The molecule has 1 heterocycles.